The van der Waals surface area contributed by atoms with Crippen molar-refractivity contribution in [1.82, 2.24) is 30.6 Å². The Morgan fingerprint density at radius 2 is 1.38 bits per heavy atom. The average molecular weight is 547 g/mol. The van der Waals surface area contributed by atoms with Crippen LogP contribution in [0, 0.1) is 0 Å². The smallest absolute Gasteiger partial charge is 0.344 e. The second-order valence-corrected chi connectivity index (χ2v) is 11.3. The number of nitrogens with zero attached hydrogens (tertiary/aromatic N) is 2. The molecule has 0 bridgehead atoms. The summed E-state index contributed by atoms with van der Waals surface area (Å²) in [7, 11) is 0. The Hall–Kier alpha value is -3.43. The number of hydrogen-bond acceptors (Lipinski definition) is 4. The molecule has 9 heteroatoms. The highest BCUT2D eigenvalue weighted by Gasteiger charge is 2.32. The van der Waals surface area contributed by atoms with Gasteiger partial charge in [0.15, 0.2) is 0 Å². The Morgan fingerprint density at radius 1 is 0.725 bits per heavy atom. The normalized spacial score (nSPS) is 20.9. The van der Waals surface area contributed by atoms with Crippen LogP contribution in [0.1, 0.15) is 72.8 Å². The van der Waals surface area contributed by atoms with Crippen molar-refractivity contribution in [3.05, 3.63) is 71.1 Å². The molecule has 2 saturated heterocycles. The molecule has 2 aromatic heterocycles. The fraction of sp³-hybridized carbons (Fsp3) is 0.419. The van der Waals surface area contributed by atoms with Crippen LogP contribution in [-0.2, 0) is 19.3 Å². The molecule has 2 aromatic carbocycles. The number of aryl methyl sites for hydroxylation is 2. The van der Waals surface area contributed by atoms with Gasteiger partial charge < -0.3 is 20.6 Å². The van der Waals surface area contributed by atoms with E-state index >= 15 is 0 Å². The first-order valence-electron chi connectivity index (χ1n) is 14.4. The number of H-pyrrole nitrogens is 2. The quantitative estimate of drug-likeness (QED) is 0.228. The van der Waals surface area contributed by atoms with Crippen molar-refractivity contribution in [3.8, 4) is 33.6 Å². The highest BCUT2D eigenvalue weighted by molar-refractivity contribution is 5.77. The third-order valence-electron chi connectivity index (χ3n) is 8.48. The van der Waals surface area contributed by atoms with E-state index in [0.29, 0.717) is 23.1 Å². The number of hydrogen-bond donors (Lipinski definition) is 4. The minimum atomic E-state index is -4.32. The number of aromatic nitrogens is 4. The van der Waals surface area contributed by atoms with E-state index in [1.807, 2.05) is 24.3 Å². The molecular weight excluding hydrogens is 513 g/mol. The lowest BCUT2D eigenvalue weighted by molar-refractivity contribution is -0.127. The lowest BCUT2D eigenvalue weighted by atomic mass is 9.95. The number of alkyl halides is 3. The van der Waals surface area contributed by atoms with Crippen LogP contribution in [0.3, 0.4) is 0 Å². The first kappa shape index (κ1) is 25.5. The van der Waals surface area contributed by atoms with Crippen LogP contribution in [-0.4, -0.2) is 39.2 Å². The fourth-order valence-corrected chi connectivity index (χ4v) is 6.47. The predicted molar refractivity (Wildman–Crippen MR) is 149 cm³/mol. The van der Waals surface area contributed by atoms with Crippen molar-refractivity contribution in [3.63, 3.8) is 0 Å². The number of rotatable bonds is 5. The van der Waals surface area contributed by atoms with Crippen LogP contribution >= 0.6 is 0 Å². The van der Waals surface area contributed by atoms with Crippen LogP contribution in [0.15, 0.2) is 42.5 Å². The van der Waals surface area contributed by atoms with E-state index in [1.165, 1.54) is 23.2 Å². The second-order valence-electron chi connectivity index (χ2n) is 11.3. The molecule has 40 heavy (non-hydrogen) atoms. The first-order chi connectivity index (χ1) is 19.4. The highest BCUT2D eigenvalue weighted by Crippen LogP contribution is 2.37. The van der Waals surface area contributed by atoms with E-state index < -0.39 is 12.6 Å². The number of nitrogens with one attached hydrogen (secondary N) is 4. The van der Waals surface area contributed by atoms with Gasteiger partial charge in [-0.3, -0.25) is 0 Å². The summed E-state index contributed by atoms with van der Waals surface area (Å²) in [5.74, 6) is 1.62. The summed E-state index contributed by atoms with van der Waals surface area (Å²) in [4.78, 5) is 16.3. The molecule has 1 aliphatic carbocycles. The monoisotopic (exact) mass is 546 g/mol. The zero-order valence-corrected chi connectivity index (χ0v) is 22.3. The van der Waals surface area contributed by atoms with Crippen molar-refractivity contribution in [2.75, 3.05) is 13.1 Å². The molecule has 4 N–H and O–H groups in total. The van der Waals surface area contributed by atoms with E-state index in [-0.39, 0.29) is 11.7 Å². The minimum absolute atomic E-state index is 0.0310. The molecule has 6 nitrogen and oxygen atoms in total. The van der Waals surface area contributed by atoms with Crippen LogP contribution in [0.5, 0.6) is 0 Å². The fourth-order valence-electron chi connectivity index (χ4n) is 6.47. The van der Waals surface area contributed by atoms with E-state index in [0.717, 1.165) is 74.3 Å². The Kier molecular flexibility index (Phi) is 6.51. The number of halogens is 3. The second kappa shape index (κ2) is 10.2. The Morgan fingerprint density at radius 3 is 2.05 bits per heavy atom. The summed E-state index contributed by atoms with van der Waals surface area (Å²) >= 11 is 0. The summed E-state index contributed by atoms with van der Waals surface area (Å²) in [6.07, 6.45) is 1.85. The van der Waals surface area contributed by atoms with E-state index in [4.69, 9.17) is 4.98 Å². The molecule has 2 fully saturated rings. The van der Waals surface area contributed by atoms with Gasteiger partial charge in [-0.25, -0.2) is 9.97 Å². The van der Waals surface area contributed by atoms with Gasteiger partial charge in [-0.15, -0.1) is 0 Å². The van der Waals surface area contributed by atoms with Gasteiger partial charge in [0.1, 0.15) is 11.6 Å². The van der Waals surface area contributed by atoms with Crippen LogP contribution in [0.25, 0.3) is 33.6 Å². The Bertz CT molecular complexity index is 1510. The van der Waals surface area contributed by atoms with Crippen molar-refractivity contribution < 1.29 is 13.2 Å². The molecule has 4 heterocycles. The number of fused-ring (bicyclic) bond motifs is 3. The van der Waals surface area contributed by atoms with Gasteiger partial charge in [-0.05, 0) is 80.8 Å². The zero-order chi connectivity index (χ0) is 27.3. The maximum atomic E-state index is 13.4. The van der Waals surface area contributed by atoms with Crippen molar-refractivity contribution >= 4 is 0 Å². The van der Waals surface area contributed by atoms with Gasteiger partial charge in [0, 0.05) is 16.8 Å². The SMILES string of the molecule is FC(F)(F)Cc1[nH]c([C@@H]2CCCN2)nc1-c1ccc(-c2ccc3c(c2)-c2nc([C@@H]4CCCN4)[nH]c2CCC3)cc1. The third-order valence-corrected chi connectivity index (χ3v) is 8.48. The number of benzene rings is 2. The molecule has 208 valence electrons. The molecule has 2 atom stereocenters. The average Bonchev–Trinajstić information content (AvgIpc) is 3.75. The third kappa shape index (κ3) is 4.97. The summed E-state index contributed by atoms with van der Waals surface area (Å²) < 4.78 is 40.2. The number of imidazole rings is 2. The standard InChI is InChI=1S/C31H33F3N6/c32-31(33,34)17-26-27(39-30(38-26)25-7-3-15-36-25)20-11-8-18(9-12-20)21-13-10-19-4-1-5-23-28(22(19)16-21)40-29(37-23)24-6-2-14-35-24/h8-13,16,24-25,35-36H,1-7,14-15,17H2,(H,37,40)(H,38,39)/t24-,25-/m0/s1. The molecule has 0 saturated carbocycles. The van der Waals surface area contributed by atoms with Crippen LogP contribution in [0.4, 0.5) is 13.2 Å². The van der Waals surface area contributed by atoms with Crippen molar-refractivity contribution in [2.24, 2.45) is 0 Å². The molecule has 3 aliphatic rings. The van der Waals surface area contributed by atoms with Crippen LogP contribution < -0.4 is 10.6 Å². The molecule has 7 rings (SSSR count). The lowest BCUT2D eigenvalue weighted by Gasteiger charge is -2.11. The molecular formula is C31H33F3N6. The summed E-state index contributed by atoms with van der Waals surface area (Å²) in [5, 5.41) is 6.87. The largest absolute Gasteiger partial charge is 0.394 e. The number of aromatic amines is 2. The summed E-state index contributed by atoms with van der Waals surface area (Å²) in [6, 6.07) is 14.5. The van der Waals surface area contributed by atoms with E-state index in [1.54, 1.807) is 0 Å². The molecule has 0 radical (unpaired) electrons. The first-order valence-corrected chi connectivity index (χ1v) is 14.4. The van der Waals surface area contributed by atoms with Gasteiger partial charge >= 0.3 is 6.18 Å². The van der Waals surface area contributed by atoms with Gasteiger partial charge in [0.05, 0.1) is 35.6 Å². The van der Waals surface area contributed by atoms with Gasteiger partial charge in [0.25, 0.3) is 0 Å². The minimum Gasteiger partial charge on any atom is -0.344 e. The molecule has 0 amide bonds. The van der Waals surface area contributed by atoms with Crippen molar-refractivity contribution in [1.29, 1.82) is 0 Å². The lowest BCUT2D eigenvalue weighted by Crippen LogP contribution is -2.15. The van der Waals surface area contributed by atoms with E-state index in [2.05, 4.69) is 43.8 Å². The Balaban J connectivity index is 1.21. The van der Waals surface area contributed by atoms with Crippen LogP contribution in [0.2, 0.25) is 0 Å². The summed E-state index contributed by atoms with van der Waals surface area (Å²) in [5.41, 5.74) is 7.99. The maximum absolute atomic E-state index is 13.4. The molecule has 4 aromatic rings. The summed E-state index contributed by atoms with van der Waals surface area (Å²) in [6.45, 7) is 1.88. The van der Waals surface area contributed by atoms with Gasteiger partial charge in [-0.2, -0.15) is 13.2 Å². The highest BCUT2D eigenvalue weighted by atomic mass is 19.4. The zero-order valence-electron chi connectivity index (χ0n) is 22.3. The molecule has 0 unspecified atom stereocenters. The van der Waals surface area contributed by atoms with Crippen molar-refractivity contribution in [2.45, 2.75) is 69.6 Å². The van der Waals surface area contributed by atoms with Gasteiger partial charge in [0.2, 0.25) is 0 Å². The van der Waals surface area contributed by atoms with E-state index in [9.17, 15) is 13.2 Å². The topological polar surface area (TPSA) is 81.4 Å². The maximum Gasteiger partial charge on any atom is 0.394 e. The molecule has 0 spiro atoms. The predicted octanol–water partition coefficient (Wildman–Crippen LogP) is 6.58. The van der Waals surface area contributed by atoms with Gasteiger partial charge in [-0.1, -0.05) is 36.4 Å². The molecule has 2 aliphatic heterocycles. The Labute approximate surface area is 231 Å².